The van der Waals surface area contributed by atoms with Crippen molar-refractivity contribution >= 4 is 11.9 Å². The third kappa shape index (κ3) is 3.92. The summed E-state index contributed by atoms with van der Waals surface area (Å²) < 4.78 is 4.56. The first kappa shape index (κ1) is 12.5. The van der Waals surface area contributed by atoms with Gasteiger partial charge in [0.1, 0.15) is 0 Å². The molecule has 5 heteroatoms. The molecule has 0 saturated carbocycles. The van der Waals surface area contributed by atoms with Crippen LogP contribution in [0.4, 0.5) is 0 Å². The molecule has 0 radical (unpaired) electrons. The van der Waals surface area contributed by atoms with Crippen LogP contribution in [0.3, 0.4) is 0 Å². The standard InChI is InChI=1S/C9H14N2O3/c1-4-6(3)11-8(12)7(10)9(13)14-5-2/h1,6-7H,5,10H2,2-3H3,(H,11,12). The molecule has 0 heterocycles. The highest BCUT2D eigenvalue weighted by molar-refractivity contribution is 6.01. The van der Waals surface area contributed by atoms with Crippen LogP contribution in [0.5, 0.6) is 0 Å². The average molecular weight is 198 g/mol. The zero-order valence-corrected chi connectivity index (χ0v) is 8.24. The Labute approximate surface area is 83.0 Å². The first-order chi connectivity index (χ1) is 6.52. The lowest BCUT2D eigenvalue weighted by Crippen LogP contribution is -2.49. The highest BCUT2D eigenvalue weighted by Gasteiger charge is 2.23. The van der Waals surface area contributed by atoms with E-state index in [1.165, 1.54) is 0 Å². The minimum absolute atomic E-state index is 0.185. The summed E-state index contributed by atoms with van der Waals surface area (Å²) in [6.07, 6.45) is 5.03. The summed E-state index contributed by atoms with van der Waals surface area (Å²) in [7, 11) is 0. The van der Waals surface area contributed by atoms with Gasteiger partial charge in [-0.1, -0.05) is 5.92 Å². The topological polar surface area (TPSA) is 81.4 Å². The van der Waals surface area contributed by atoms with Gasteiger partial charge in [-0.25, -0.2) is 4.79 Å². The van der Waals surface area contributed by atoms with E-state index in [0.29, 0.717) is 0 Å². The molecule has 14 heavy (non-hydrogen) atoms. The maximum atomic E-state index is 11.2. The normalized spacial score (nSPS) is 13.6. The summed E-state index contributed by atoms with van der Waals surface area (Å²) in [6, 6.07) is -1.77. The van der Waals surface area contributed by atoms with Crippen molar-refractivity contribution in [2.24, 2.45) is 5.73 Å². The molecular formula is C9H14N2O3. The molecule has 0 aromatic rings. The van der Waals surface area contributed by atoms with E-state index in [9.17, 15) is 9.59 Å². The highest BCUT2D eigenvalue weighted by Crippen LogP contribution is 1.88. The van der Waals surface area contributed by atoms with Crippen LogP contribution >= 0.6 is 0 Å². The quantitative estimate of drug-likeness (QED) is 0.345. The molecule has 78 valence electrons. The molecule has 0 aliphatic rings. The van der Waals surface area contributed by atoms with Crippen molar-refractivity contribution in [3.63, 3.8) is 0 Å². The van der Waals surface area contributed by atoms with Crippen LogP contribution in [0, 0.1) is 12.3 Å². The maximum Gasteiger partial charge on any atom is 0.332 e. The van der Waals surface area contributed by atoms with Crippen molar-refractivity contribution in [1.82, 2.24) is 5.32 Å². The molecule has 0 bridgehead atoms. The Morgan fingerprint density at radius 3 is 2.64 bits per heavy atom. The Kier molecular flexibility index (Phi) is 5.34. The van der Waals surface area contributed by atoms with Gasteiger partial charge in [-0.2, -0.15) is 0 Å². The van der Waals surface area contributed by atoms with Crippen LogP contribution in [0.2, 0.25) is 0 Å². The van der Waals surface area contributed by atoms with Gasteiger partial charge in [-0.15, -0.1) is 6.42 Å². The first-order valence-corrected chi connectivity index (χ1v) is 4.21. The lowest BCUT2D eigenvalue weighted by Gasteiger charge is -2.12. The Balaban J connectivity index is 4.13. The van der Waals surface area contributed by atoms with E-state index in [1.807, 2.05) is 0 Å². The average Bonchev–Trinajstić information content (AvgIpc) is 2.16. The van der Waals surface area contributed by atoms with E-state index in [2.05, 4.69) is 16.0 Å². The maximum absolute atomic E-state index is 11.2. The summed E-state index contributed by atoms with van der Waals surface area (Å²) in [5.41, 5.74) is 5.29. The van der Waals surface area contributed by atoms with Gasteiger partial charge in [0, 0.05) is 0 Å². The third-order valence-corrected chi connectivity index (χ3v) is 1.43. The minimum Gasteiger partial charge on any atom is -0.464 e. The van der Waals surface area contributed by atoms with Crippen molar-refractivity contribution in [3.8, 4) is 12.3 Å². The van der Waals surface area contributed by atoms with Gasteiger partial charge >= 0.3 is 5.97 Å². The van der Waals surface area contributed by atoms with Crippen LogP contribution in [-0.2, 0) is 14.3 Å². The van der Waals surface area contributed by atoms with Gasteiger partial charge < -0.3 is 15.8 Å². The second-order valence-electron chi connectivity index (χ2n) is 2.63. The van der Waals surface area contributed by atoms with E-state index < -0.39 is 24.0 Å². The third-order valence-electron chi connectivity index (χ3n) is 1.43. The SMILES string of the molecule is C#CC(C)NC(=O)C(N)C(=O)OCC. The van der Waals surface area contributed by atoms with Crippen LogP contribution in [0.25, 0.3) is 0 Å². The monoisotopic (exact) mass is 198 g/mol. The fourth-order valence-corrected chi connectivity index (χ4v) is 0.684. The largest absolute Gasteiger partial charge is 0.464 e. The Hall–Kier alpha value is -1.54. The van der Waals surface area contributed by atoms with Gasteiger partial charge in [0.05, 0.1) is 12.6 Å². The van der Waals surface area contributed by atoms with E-state index in [4.69, 9.17) is 12.2 Å². The van der Waals surface area contributed by atoms with E-state index in [1.54, 1.807) is 13.8 Å². The van der Waals surface area contributed by atoms with Crippen molar-refractivity contribution in [2.45, 2.75) is 25.9 Å². The predicted octanol–water partition coefficient (Wildman–Crippen LogP) is -0.985. The molecular weight excluding hydrogens is 184 g/mol. The Morgan fingerprint density at radius 2 is 2.21 bits per heavy atom. The number of amides is 1. The number of carbonyl (C=O) groups excluding carboxylic acids is 2. The van der Waals surface area contributed by atoms with Gasteiger partial charge in [-0.3, -0.25) is 4.79 Å². The number of nitrogens with one attached hydrogen (secondary N) is 1. The zero-order valence-electron chi connectivity index (χ0n) is 8.24. The van der Waals surface area contributed by atoms with Crippen molar-refractivity contribution < 1.29 is 14.3 Å². The Morgan fingerprint density at radius 1 is 1.64 bits per heavy atom. The molecule has 0 rings (SSSR count). The second-order valence-corrected chi connectivity index (χ2v) is 2.63. The van der Waals surface area contributed by atoms with Crippen LogP contribution in [0.15, 0.2) is 0 Å². The van der Waals surface area contributed by atoms with E-state index >= 15 is 0 Å². The fourth-order valence-electron chi connectivity index (χ4n) is 0.684. The summed E-state index contributed by atoms with van der Waals surface area (Å²) in [5.74, 6) is 0.896. The molecule has 0 fully saturated rings. The minimum atomic E-state index is -1.31. The van der Waals surface area contributed by atoms with Gasteiger partial charge in [-0.05, 0) is 13.8 Å². The molecule has 0 saturated heterocycles. The van der Waals surface area contributed by atoms with Crippen molar-refractivity contribution in [2.75, 3.05) is 6.61 Å². The Bertz CT molecular complexity index is 257. The molecule has 2 atom stereocenters. The number of nitrogens with two attached hydrogens (primary N) is 1. The van der Waals surface area contributed by atoms with E-state index in [0.717, 1.165) is 0 Å². The predicted molar refractivity (Wildman–Crippen MR) is 51.0 cm³/mol. The lowest BCUT2D eigenvalue weighted by atomic mass is 10.2. The summed E-state index contributed by atoms with van der Waals surface area (Å²) in [6.45, 7) is 3.42. The van der Waals surface area contributed by atoms with Gasteiger partial charge in [0.25, 0.3) is 0 Å². The zero-order chi connectivity index (χ0) is 11.1. The van der Waals surface area contributed by atoms with Crippen molar-refractivity contribution in [1.29, 1.82) is 0 Å². The number of hydrogen-bond donors (Lipinski definition) is 2. The van der Waals surface area contributed by atoms with Crippen LogP contribution in [-0.4, -0.2) is 30.6 Å². The number of terminal acetylenes is 1. The molecule has 0 aromatic carbocycles. The number of hydrogen-bond acceptors (Lipinski definition) is 4. The van der Waals surface area contributed by atoms with Crippen molar-refractivity contribution in [3.05, 3.63) is 0 Å². The number of ether oxygens (including phenoxy) is 1. The summed E-state index contributed by atoms with van der Waals surface area (Å²) in [5, 5.41) is 2.37. The molecule has 5 nitrogen and oxygen atoms in total. The fraction of sp³-hybridized carbons (Fsp3) is 0.556. The van der Waals surface area contributed by atoms with Gasteiger partial charge in [0.15, 0.2) is 6.04 Å². The number of rotatable bonds is 4. The summed E-state index contributed by atoms with van der Waals surface area (Å²) >= 11 is 0. The smallest absolute Gasteiger partial charge is 0.332 e. The molecule has 0 aliphatic heterocycles. The highest BCUT2D eigenvalue weighted by atomic mass is 16.5. The van der Waals surface area contributed by atoms with Crippen LogP contribution in [0.1, 0.15) is 13.8 Å². The van der Waals surface area contributed by atoms with Crippen LogP contribution < -0.4 is 11.1 Å². The number of carbonyl (C=O) groups is 2. The molecule has 1 amide bonds. The summed E-state index contributed by atoms with van der Waals surface area (Å²) in [4.78, 5) is 22.2. The second kappa shape index (κ2) is 6.00. The molecule has 0 aliphatic carbocycles. The molecule has 0 aromatic heterocycles. The molecule has 3 N–H and O–H groups in total. The molecule has 2 unspecified atom stereocenters. The first-order valence-electron chi connectivity index (χ1n) is 4.21. The number of esters is 1. The van der Waals surface area contributed by atoms with E-state index in [-0.39, 0.29) is 6.61 Å². The molecule has 0 spiro atoms. The van der Waals surface area contributed by atoms with Gasteiger partial charge in [0.2, 0.25) is 5.91 Å². The lowest BCUT2D eigenvalue weighted by molar-refractivity contribution is -0.148.